The van der Waals surface area contributed by atoms with E-state index in [1.807, 2.05) is 30.5 Å². The number of ether oxygens (including phenoxy) is 1. The van der Waals surface area contributed by atoms with Crippen molar-refractivity contribution >= 4 is 5.91 Å². The Bertz CT molecular complexity index is 797. The summed E-state index contributed by atoms with van der Waals surface area (Å²) in [6.45, 7) is 1.09. The van der Waals surface area contributed by atoms with E-state index in [9.17, 15) is 4.79 Å². The summed E-state index contributed by atoms with van der Waals surface area (Å²) in [4.78, 5) is 16.3. The minimum Gasteiger partial charge on any atom is -0.497 e. The van der Waals surface area contributed by atoms with Crippen LogP contribution in [0.5, 0.6) is 5.75 Å². The van der Waals surface area contributed by atoms with Gasteiger partial charge in [0, 0.05) is 24.5 Å². The number of benzene rings is 1. The molecule has 0 aliphatic heterocycles. The van der Waals surface area contributed by atoms with Gasteiger partial charge in [0.1, 0.15) is 11.4 Å². The number of pyridine rings is 1. The summed E-state index contributed by atoms with van der Waals surface area (Å²) in [5.74, 6) is 0.611. The molecule has 1 aromatic carbocycles. The molecule has 1 N–H and O–H groups in total. The molecule has 0 radical (unpaired) electrons. The van der Waals surface area contributed by atoms with E-state index in [4.69, 9.17) is 4.74 Å². The molecule has 0 saturated heterocycles. The number of aromatic nitrogens is 3. The van der Waals surface area contributed by atoms with E-state index in [-0.39, 0.29) is 5.91 Å². The standard InChI is InChI=1S/C18H18N4O2/c1-24-15-7-5-14(6-8-15)18(23)20-11-13-22-12-9-17(21-22)16-4-2-3-10-19-16/h2-10,12H,11,13H2,1H3,(H,20,23). The molecule has 6 nitrogen and oxygen atoms in total. The van der Waals surface area contributed by atoms with Crippen LogP contribution < -0.4 is 10.1 Å². The molecule has 0 aliphatic carbocycles. The number of carbonyl (C=O) groups excluding carboxylic acids is 1. The summed E-state index contributed by atoms with van der Waals surface area (Å²) in [5.41, 5.74) is 2.25. The topological polar surface area (TPSA) is 69.0 Å². The van der Waals surface area contributed by atoms with Crippen molar-refractivity contribution in [2.45, 2.75) is 6.54 Å². The second-order valence-corrected chi connectivity index (χ2v) is 5.16. The van der Waals surface area contributed by atoms with E-state index in [1.165, 1.54) is 0 Å². The van der Waals surface area contributed by atoms with Gasteiger partial charge in [0.2, 0.25) is 0 Å². The summed E-state index contributed by atoms with van der Waals surface area (Å²) in [5, 5.41) is 7.34. The lowest BCUT2D eigenvalue weighted by Crippen LogP contribution is -2.27. The van der Waals surface area contributed by atoms with Crippen molar-refractivity contribution in [3.8, 4) is 17.1 Å². The Morgan fingerprint density at radius 2 is 1.96 bits per heavy atom. The van der Waals surface area contributed by atoms with Crippen molar-refractivity contribution in [1.29, 1.82) is 0 Å². The third-order valence-electron chi connectivity index (χ3n) is 3.55. The first-order valence-electron chi connectivity index (χ1n) is 7.63. The van der Waals surface area contributed by atoms with Crippen molar-refractivity contribution in [2.75, 3.05) is 13.7 Å². The third kappa shape index (κ3) is 3.78. The Morgan fingerprint density at radius 1 is 1.12 bits per heavy atom. The van der Waals surface area contributed by atoms with Crippen LogP contribution in [-0.4, -0.2) is 34.3 Å². The number of carbonyl (C=O) groups is 1. The zero-order valence-corrected chi connectivity index (χ0v) is 13.3. The molecule has 2 aromatic heterocycles. The van der Waals surface area contributed by atoms with Crippen molar-refractivity contribution in [2.24, 2.45) is 0 Å². The minimum atomic E-state index is -0.116. The van der Waals surface area contributed by atoms with Gasteiger partial charge in [-0.3, -0.25) is 14.5 Å². The molecule has 0 fully saturated rings. The zero-order chi connectivity index (χ0) is 16.8. The number of hydrogen-bond donors (Lipinski definition) is 1. The molecule has 0 atom stereocenters. The summed E-state index contributed by atoms with van der Waals surface area (Å²) in [6, 6.07) is 14.6. The second kappa shape index (κ2) is 7.41. The number of amides is 1. The van der Waals surface area contributed by atoms with E-state index < -0.39 is 0 Å². The van der Waals surface area contributed by atoms with Gasteiger partial charge in [0.15, 0.2) is 0 Å². The van der Waals surface area contributed by atoms with Gasteiger partial charge < -0.3 is 10.1 Å². The Labute approximate surface area is 140 Å². The highest BCUT2D eigenvalue weighted by atomic mass is 16.5. The Kier molecular flexibility index (Phi) is 4.86. The first-order valence-corrected chi connectivity index (χ1v) is 7.63. The predicted molar refractivity (Wildman–Crippen MR) is 90.8 cm³/mol. The van der Waals surface area contributed by atoms with Crippen LogP contribution in [0.2, 0.25) is 0 Å². The number of rotatable bonds is 6. The predicted octanol–water partition coefficient (Wildman–Crippen LogP) is 2.38. The maximum Gasteiger partial charge on any atom is 0.251 e. The molecule has 0 bridgehead atoms. The minimum absolute atomic E-state index is 0.116. The number of nitrogens with zero attached hydrogens (tertiary/aromatic N) is 3. The molecule has 0 spiro atoms. The van der Waals surface area contributed by atoms with Crippen molar-refractivity contribution in [1.82, 2.24) is 20.1 Å². The van der Waals surface area contributed by atoms with E-state index in [0.717, 1.165) is 17.1 Å². The monoisotopic (exact) mass is 322 g/mol. The zero-order valence-electron chi connectivity index (χ0n) is 13.3. The molecule has 0 aliphatic rings. The Hall–Kier alpha value is -3.15. The fourth-order valence-corrected chi connectivity index (χ4v) is 2.27. The highest BCUT2D eigenvalue weighted by Crippen LogP contribution is 2.13. The van der Waals surface area contributed by atoms with Gasteiger partial charge in [0.05, 0.1) is 19.3 Å². The maximum absolute atomic E-state index is 12.1. The fourth-order valence-electron chi connectivity index (χ4n) is 2.27. The first-order chi connectivity index (χ1) is 11.8. The number of hydrogen-bond acceptors (Lipinski definition) is 4. The Morgan fingerprint density at radius 3 is 2.67 bits per heavy atom. The molecule has 122 valence electrons. The van der Waals surface area contributed by atoms with Gasteiger partial charge in [-0.1, -0.05) is 6.07 Å². The summed E-state index contributed by atoms with van der Waals surface area (Å²) in [6.07, 6.45) is 3.62. The highest BCUT2D eigenvalue weighted by Gasteiger charge is 2.06. The molecule has 24 heavy (non-hydrogen) atoms. The average molecular weight is 322 g/mol. The number of nitrogens with one attached hydrogen (secondary N) is 1. The van der Waals surface area contributed by atoms with Gasteiger partial charge in [-0.25, -0.2) is 0 Å². The van der Waals surface area contributed by atoms with Gasteiger partial charge in [-0.2, -0.15) is 5.10 Å². The van der Waals surface area contributed by atoms with Crippen molar-refractivity contribution in [3.05, 3.63) is 66.5 Å². The fraction of sp³-hybridized carbons (Fsp3) is 0.167. The van der Waals surface area contributed by atoms with Gasteiger partial charge >= 0.3 is 0 Å². The van der Waals surface area contributed by atoms with Crippen LogP contribution in [0.15, 0.2) is 60.9 Å². The van der Waals surface area contributed by atoms with E-state index >= 15 is 0 Å². The molecular weight excluding hydrogens is 304 g/mol. The van der Waals surface area contributed by atoms with Crippen molar-refractivity contribution < 1.29 is 9.53 Å². The van der Waals surface area contributed by atoms with E-state index in [0.29, 0.717) is 18.7 Å². The maximum atomic E-state index is 12.1. The summed E-state index contributed by atoms with van der Waals surface area (Å²) in [7, 11) is 1.60. The molecule has 1 amide bonds. The van der Waals surface area contributed by atoms with E-state index in [1.54, 1.807) is 42.3 Å². The van der Waals surface area contributed by atoms with Crippen LogP contribution in [0, 0.1) is 0 Å². The van der Waals surface area contributed by atoms with Crippen LogP contribution in [0.3, 0.4) is 0 Å². The largest absolute Gasteiger partial charge is 0.497 e. The van der Waals surface area contributed by atoms with Gasteiger partial charge in [0.25, 0.3) is 5.91 Å². The van der Waals surface area contributed by atoms with Gasteiger partial charge in [-0.05, 0) is 42.5 Å². The van der Waals surface area contributed by atoms with Crippen LogP contribution in [0.1, 0.15) is 10.4 Å². The van der Waals surface area contributed by atoms with Crippen LogP contribution >= 0.6 is 0 Å². The lowest BCUT2D eigenvalue weighted by molar-refractivity contribution is 0.0952. The van der Waals surface area contributed by atoms with Crippen LogP contribution in [0.4, 0.5) is 0 Å². The summed E-state index contributed by atoms with van der Waals surface area (Å²) >= 11 is 0. The molecule has 0 unspecified atom stereocenters. The molecule has 6 heteroatoms. The first kappa shape index (κ1) is 15.7. The highest BCUT2D eigenvalue weighted by molar-refractivity contribution is 5.94. The van der Waals surface area contributed by atoms with Crippen molar-refractivity contribution in [3.63, 3.8) is 0 Å². The molecule has 2 heterocycles. The smallest absolute Gasteiger partial charge is 0.251 e. The van der Waals surface area contributed by atoms with Gasteiger partial charge in [-0.15, -0.1) is 0 Å². The SMILES string of the molecule is COc1ccc(C(=O)NCCn2ccc(-c3ccccn3)n2)cc1. The Balaban J connectivity index is 1.53. The number of methoxy groups -OCH3 is 1. The quantitative estimate of drug-likeness (QED) is 0.756. The molecule has 0 saturated carbocycles. The third-order valence-corrected chi connectivity index (χ3v) is 3.55. The molecule has 3 aromatic rings. The normalized spacial score (nSPS) is 10.4. The second-order valence-electron chi connectivity index (χ2n) is 5.16. The average Bonchev–Trinajstić information content (AvgIpc) is 3.11. The van der Waals surface area contributed by atoms with Crippen LogP contribution in [0.25, 0.3) is 11.4 Å². The summed E-state index contributed by atoms with van der Waals surface area (Å²) < 4.78 is 6.87. The molecule has 3 rings (SSSR count). The lowest BCUT2D eigenvalue weighted by Gasteiger charge is -2.06. The lowest BCUT2D eigenvalue weighted by atomic mass is 10.2. The molecular formula is C18H18N4O2. The van der Waals surface area contributed by atoms with E-state index in [2.05, 4.69) is 15.4 Å². The van der Waals surface area contributed by atoms with Crippen LogP contribution in [-0.2, 0) is 6.54 Å².